The molecule has 0 saturated carbocycles. The Morgan fingerprint density at radius 1 is 0.327 bits per heavy atom. The summed E-state index contributed by atoms with van der Waals surface area (Å²) in [6, 6.07) is 60.5. The fraction of sp³-hybridized carbons (Fsp3) is 0. The van der Waals surface area contributed by atoms with Gasteiger partial charge in [0.05, 0.1) is 22.1 Å². The predicted molar refractivity (Wildman–Crippen MR) is 215 cm³/mol. The summed E-state index contributed by atoms with van der Waals surface area (Å²) in [5.41, 5.74) is 12.7. The molecule has 0 atom stereocenters. The van der Waals surface area contributed by atoms with Crippen LogP contribution in [0.25, 0.3) is 110 Å². The standard InChI is InChI=1S/C48H28N2O2/c1-2-12-29(13-3-1)50-39-20-7-4-14-31(39)33-25-26-41-46(47(33)50)36-15-5-8-21-40(36)49(41)30-24-27-43-38(28-30)35-19-10-18-34(48(35)52-43)32-17-11-23-44-45(32)37-16-6-9-22-42(37)51-44/h1-28H. The Morgan fingerprint density at radius 2 is 1.00 bits per heavy atom. The number of aromatic nitrogens is 2. The van der Waals surface area contributed by atoms with Gasteiger partial charge in [-0.25, -0.2) is 0 Å². The molecule has 4 nitrogen and oxygen atoms in total. The summed E-state index contributed by atoms with van der Waals surface area (Å²) < 4.78 is 17.8. The van der Waals surface area contributed by atoms with Crippen molar-refractivity contribution in [2.45, 2.75) is 0 Å². The van der Waals surface area contributed by atoms with Gasteiger partial charge in [-0.3, -0.25) is 0 Å². The van der Waals surface area contributed by atoms with Crippen LogP contribution in [-0.4, -0.2) is 9.13 Å². The van der Waals surface area contributed by atoms with Gasteiger partial charge in [0.2, 0.25) is 0 Å². The molecule has 0 N–H and O–H groups in total. The zero-order valence-electron chi connectivity index (χ0n) is 27.9. The van der Waals surface area contributed by atoms with E-state index in [0.29, 0.717) is 0 Å². The molecule has 0 unspecified atom stereocenters. The topological polar surface area (TPSA) is 36.1 Å². The first-order valence-corrected chi connectivity index (χ1v) is 17.7. The molecule has 0 bridgehead atoms. The highest BCUT2D eigenvalue weighted by atomic mass is 16.3. The summed E-state index contributed by atoms with van der Waals surface area (Å²) >= 11 is 0. The Morgan fingerprint density at radius 3 is 1.88 bits per heavy atom. The van der Waals surface area contributed by atoms with Crippen LogP contribution in [-0.2, 0) is 0 Å². The van der Waals surface area contributed by atoms with Crippen molar-refractivity contribution in [1.29, 1.82) is 0 Å². The van der Waals surface area contributed by atoms with Crippen molar-refractivity contribution < 1.29 is 8.83 Å². The lowest BCUT2D eigenvalue weighted by Gasteiger charge is -2.10. The van der Waals surface area contributed by atoms with Crippen LogP contribution in [0, 0.1) is 0 Å². The lowest BCUT2D eigenvalue weighted by molar-refractivity contribution is 0.668. The van der Waals surface area contributed by atoms with Gasteiger partial charge >= 0.3 is 0 Å². The molecule has 8 aromatic carbocycles. The molecule has 0 aliphatic rings. The van der Waals surface area contributed by atoms with Crippen LogP contribution in [0.1, 0.15) is 0 Å². The monoisotopic (exact) mass is 664 g/mol. The molecule has 0 aliphatic carbocycles. The minimum atomic E-state index is 0.864. The van der Waals surface area contributed by atoms with Crippen LogP contribution in [0.5, 0.6) is 0 Å². The number of fused-ring (bicyclic) bond motifs is 13. The van der Waals surface area contributed by atoms with Gasteiger partial charge in [0.1, 0.15) is 22.3 Å². The van der Waals surface area contributed by atoms with E-state index in [4.69, 9.17) is 8.83 Å². The van der Waals surface area contributed by atoms with Crippen molar-refractivity contribution in [2.75, 3.05) is 0 Å². The molecule has 0 spiro atoms. The van der Waals surface area contributed by atoms with Crippen LogP contribution in [0.2, 0.25) is 0 Å². The van der Waals surface area contributed by atoms with E-state index in [1.807, 2.05) is 18.2 Å². The van der Waals surface area contributed by atoms with Crippen molar-refractivity contribution in [2.24, 2.45) is 0 Å². The molecule has 0 aliphatic heterocycles. The highest BCUT2D eigenvalue weighted by Crippen LogP contribution is 2.44. The van der Waals surface area contributed by atoms with Gasteiger partial charge < -0.3 is 18.0 Å². The summed E-state index contributed by atoms with van der Waals surface area (Å²) in [5, 5.41) is 9.36. The third-order valence-electron chi connectivity index (χ3n) is 10.9. The molecule has 12 aromatic rings. The van der Waals surface area contributed by atoms with Crippen LogP contribution >= 0.6 is 0 Å². The van der Waals surface area contributed by atoms with E-state index in [9.17, 15) is 0 Å². The van der Waals surface area contributed by atoms with Crippen molar-refractivity contribution in [3.05, 3.63) is 170 Å². The van der Waals surface area contributed by atoms with E-state index in [-0.39, 0.29) is 0 Å². The van der Waals surface area contributed by atoms with Crippen LogP contribution in [0.15, 0.2) is 179 Å². The molecule has 4 heteroatoms. The third kappa shape index (κ3) is 3.65. The van der Waals surface area contributed by atoms with Crippen molar-refractivity contribution in [1.82, 2.24) is 9.13 Å². The minimum absolute atomic E-state index is 0.864. The van der Waals surface area contributed by atoms with E-state index < -0.39 is 0 Å². The second kappa shape index (κ2) is 10.3. The van der Waals surface area contributed by atoms with Crippen LogP contribution in [0.3, 0.4) is 0 Å². The first-order valence-electron chi connectivity index (χ1n) is 17.7. The Balaban J connectivity index is 1.13. The number of hydrogen-bond donors (Lipinski definition) is 0. The Bertz CT molecular complexity index is 3410. The molecule has 242 valence electrons. The molecule has 52 heavy (non-hydrogen) atoms. The summed E-state index contributed by atoms with van der Waals surface area (Å²) in [6.45, 7) is 0. The van der Waals surface area contributed by atoms with Gasteiger partial charge in [0.15, 0.2) is 0 Å². The van der Waals surface area contributed by atoms with E-state index >= 15 is 0 Å². The summed E-state index contributed by atoms with van der Waals surface area (Å²) in [5.74, 6) is 0. The highest BCUT2D eigenvalue weighted by Gasteiger charge is 2.22. The minimum Gasteiger partial charge on any atom is -0.456 e. The lowest BCUT2D eigenvalue weighted by atomic mass is 9.97. The largest absolute Gasteiger partial charge is 0.456 e. The van der Waals surface area contributed by atoms with E-state index in [0.717, 1.165) is 66.4 Å². The average molecular weight is 665 g/mol. The normalized spacial score (nSPS) is 12.2. The maximum atomic E-state index is 6.74. The van der Waals surface area contributed by atoms with E-state index in [1.165, 1.54) is 43.6 Å². The first kappa shape index (κ1) is 27.7. The van der Waals surface area contributed by atoms with Crippen molar-refractivity contribution >= 4 is 87.5 Å². The first-order chi connectivity index (χ1) is 25.8. The summed E-state index contributed by atoms with van der Waals surface area (Å²) in [6.07, 6.45) is 0. The van der Waals surface area contributed by atoms with Gasteiger partial charge in [-0.1, -0.05) is 109 Å². The van der Waals surface area contributed by atoms with Gasteiger partial charge in [-0.2, -0.15) is 0 Å². The zero-order chi connectivity index (χ0) is 33.9. The van der Waals surface area contributed by atoms with E-state index in [2.05, 4.69) is 161 Å². The Hall–Kier alpha value is -7.04. The maximum absolute atomic E-state index is 6.74. The van der Waals surface area contributed by atoms with Crippen molar-refractivity contribution in [3.8, 4) is 22.5 Å². The van der Waals surface area contributed by atoms with Gasteiger partial charge in [0.25, 0.3) is 0 Å². The molecule has 0 fully saturated rings. The molecular weight excluding hydrogens is 637 g/mol. The molecule has 0 radical (unpaired) electrons. The van der Waals surface area contributed by atoms with E-state index in [1.54, 1.807) is 0 Å². The van der Waals surface area contributed by atoms with Gasteiger partial charge in [-0.15, -0.1) is 0 Å². The molecule has 4 aromatic heterocycles. The Labute approximate surface area is 296 Å². The van der Waals surface area contributed by atoms with Gasteiger partial charge in [0, 0.05) is 60.0 Å². The number of benzene rings is 8. The SMILES string of the molecule is c1ccc(-n2c3ccccc3c3ccc4c(c5ccccc5n4-c4ccc5oc6c(-c7cccc8oc9ccccc9c78)cccc6c5c4)c32)cc1. The number of rotatable bonds is 3. The fourth-order valence-corrected chi connectivity index (χ4v) is 8.77. The number of furan rings is 2. The second-order valence-electron chi connectivity index (χ2n) is 13.6. The van der Waals surface area contributed by atoms with Crippen LogP contribution in [0.4, 0.5) is 0 Å². The third-order valence-corrected chi connectivity index (χ3v) is 10.9. The van der Waals surface area contributed by atoms with Crippen LogP contribution < -0.4 is 0 Å². The predicted octanol–water partition coefficient (Wildman–Crippen LogP) is 13.3. The summed E-state index contributed by atoms with van der Waals surface area (Å²) in [7, 11) is 0. The van der Waals surface area contributed by atoms with Gasteiger partial charge in [-0.05, 0) is 66.2 Å². The lowest BCUT2D eigenvalue weighted by Crippen LogP contribution is -1.95. The average Bonchev–Trinajstić information content (AvgIpc) is 3.95. The number of para-hydroxylation sites is 5. The fourth-order valence-electron chi connectivity index (χ4n) is 8.77. The van der Waals surface area contributed by atoms with Crippen molar-refractivity contribution in [3.63, 3.8) is 0 Å². The smallest absolute Gasteiger partial charge is 0.143 e. The highest BCUT2D eigenvalue weighted by molar-refractivity contribution is 6.26. The molecule has 12 rings (SSSR count). The molecular formula is C48H28N2O2. The molecule has 4 heterocycles. The number of nitrogens with zero attached hydrogens (tertiary/aromatic N) is 2. The molecule has 0 saturated heterocycles. The zero-order valence-corrected chi connectivity index (χ0v) is 27.9. The quantitative estimate of drug-likeness (QED) is 0.188. The Kier molecular flexibility index (Phi) is 5.47. The number of hydrogen-bond acceptors (Lipinski definition) is 2. The summed E-state index contributed by atoms with van der Waals surface area (Å²) in [4.78, 5) is 0. The maximum Gasteiger partial charge on any atom is 0.143 e. The second-order valence-corrected chi connectivity index (χ2v) is 13.6. The molecule has 0 amide bonds.